The summed E-state index contributed by atoms with van der Waals surface area (Å²) >= 11 is 0. The van der Waals surface area contributed by atoms with Crippen molar-refractivity contribution < 1.29 is 14.6 Å². The van der Waals surface area contributed by atoms with Gasteiger partial charge in [-0.1, -0.05) is 17.7 Å². The molecule has 3 nitrogen and oxygen atoms in total. The molecule has 3 aliphatic rings. The second kappa shape index (κ2) is 4.54. The van der Waals surface area contributed by atoms with E-state index in [1.165, 1.54) is 32.1 Å². The lowest BCUT2D eigenvalue weighted by atomic mass is 9.76. The molecule has 0 aliphatic heterocycles. The monoisotopic (exact) mass is 248 g/mol. The van der Waals surface area contributed by atoms with Gasteiger partial charge in [0.1, 0.15) is 6.61 Å². The molecule has 0 amide bonds. The number of aliphatic hydroxyl groups is 1. The first kappa shape index (κ1) is 12.0. The van der Waals surface area contributed by atoms with E-state index < -0.39 is 0 Å². The Kier molecular flexibility index (Phi) is 3.02. The maximum Gasteiger partial charge on any atom is 0.330 e. The minimum absolute atomic E-state index is 0.0874. The van der Waals surface area contributed by atoms with Gasteiger partial charge < -0.3 is 9.84 Å². The van der Waals surface area contributed by atoms with Gasteiger partial charge in [-0.25, -0.2) is 4.79 Å². The van der Waals surface area contributed by atoms with Gasteiger partial charge in [0.25, 0.3) is 0 Å². The SMILES string of the molecule is O=C(C=CC12CCC(C1)C1CCC=C12)OCCO. The van der Waals surface area contributed by atoms with E-state index in [1.54, 1.807) is 11.6 Å². The summed E-state index contributed by atoms with van der Waals surface area (Å²) in [5.74, 6) is 1.30. The molecule has 0 aromatic rings. The second-order valence-electron chi connectivity index (χ2n) is 5.73. The fourth-order valence-electron chi connectivity index (χ4n) is 4.18. The summed E-state index contributed by atoms with van der Waals surface area (Å²) in [5.41, 5.74) is 1.74. The number of carbonyl (C=O) groups is 1. The third-order valence-electron chi connectivity index (χ3n) is 4.85. The van der Waals surface area contributed by atoms with E-state index in [1.807, 2.05) is 0 Å². The number of hydrogen-bond acceptors (Lipinski definition) is 3. The van der Waals surface area contributed by atoms with E-state index in [0.717, 1.165) is 11.8 Å². The number of ether oxygens (including phenoxy) is 1. The molecule has 0 radical (unpaired) electrons. The molecule has 0 aromatic heterocycles. The number of rotatable bonds is 4. The number of carbonyl (C=O) groups excluding carboxylic acids is 1. The highest BCUT2D eigenvalue weighted by molar-refractivity contribution is 5.82. The summed E-state index contributed by atoms with van der Waals surface area (Å²) in [6.45, 7) is -0.0237. The Labute approximate surface area is 108 Å². The highest BCUT2D eigenvalue weighted by atomic mass is 16.5. The first-order valence-electron chi connectivity index (χ1n) is 6.92. The largest absolute Gasteiger partial charge is 0.460 e. The fourth-order valence-corrected chi connectivity index (χ4v) is 4.18. The van der Waals surface area contributed by atoms with Gasteiger partial charge >= 0.3 is 5.97 Å². The van der Waals surface area contributed by atoms with Crippen molar-refractivity contribution >= 4 is 5.97 Å². The van der Waals surface area contributed by atoms with Crippen LogP contribution in [0.1, 0.15) is 32.1 Å². The smallest absolute Gasteiger partial charge is 0.330 e. The second-order valence-corrected chi connectivity index (χ2v) is 5.73. The van der Waals surface area contributed by atoms with Crippen LogP contribution < -0.4 is 0 Å². The first-order valence-corrected chi connectivity index (χ1v) is 6.92. The Bertz CT molecular complexity index is 410. The third-order valence-corrected chi connectivity index (χ3v) is 4.85. The third kappa shape index (κ3) is 1.81. The lowest BCUT2D eigenvalue weighted by Gasteiger charge is -2.28. The Hall–Kier alpha value is -1.09. The zero-order valence-electron chi connectivity index (χ0n) is 10.6. The molecule has 3 rings (SSSR count). The standard InChI is InChI=1S/C15H20O3/c16-8-9-18-14(17)5-7-15-6-4-11(10-15)12-2-1-3-13(12)15/h3,5,7,11-12,16H,1-2,4,6,8-10H2. The van der Waals surface area contributed by atoms with Crippen LogP contribution >= 0.6 is 0 Å². The normalized spacial score (nSPS) is 37.1. The van der Waals surface area contributed by atoms with Crippen LogP contribution in [0, 0.1) is 17.3 Å². The van der Waals surface area contributed by atoms with Crippen molar-refractivity contribution in [3.8, 4) is 0 Å². The van der Waals surface area contributed by atoms with Gasteiger partial charge in [0.2, 0.25) is 0 Å². The average Bonchev–Trinajstić information content (AvgIpc) is 3.05. The lowest BCUT2D eigenvalue weighted by molar-refractivity contribution is -0.138. The molecule has 3 atom stereocenters. The molecule has 98 valence electrons. The Morgan fingerprint density at radius 1 is 1.56 bits per heavy atom. The van der Waals surface area contributed by atoms with Crippen molar-refractivity contribution in [1.29, 1.82) is 0 Å². The Balaban J connectivity index is 1.72. The number of aliphatic hydroxyl groups excluding tert-OH is 1. The molecule has 18 heavy (non-hydrogen) atoms. The van der Waals surface area contributed by atoms with Crippen molar-refractivity contribution in [2.45, 2.75) is 32.1 Å². The summed E-state index contributed by atoms with van der Waals surface area (Å²) in [6, 6.07) is 0. The van der Waals surface area contributed by atoms with Gasteiger partial charge in [-0.05, 0) is 43.9 Å². The Morgan fingerprint density at radius 2 is 2.44 bits per heavy atom. The maximum absolute atomic E-state index is 11.5. The molecular formula is C15H20O3. The highest BCUT2D eigenvalue weighted by Gasteiger charge is 2.53. The number of fused-ring (bicyclic) bond motifs is 5. The minimum Gasteiger partial charge on any atom is -0.460 e. The van der Waals surface area contributed by atoms with E-state index in [-0.39, 0.29) is 24.6 Å². The molecule has 0 spiro atoms. The van der Waals surface area contributed by atoms with Crippen LogP contribution in [0.2, 0.25) is 0 Å². The zero-order chi connectivity index (χ0) is 12.6. The van der Waals surface area contributed by atoms with Crippen LogP contribution in [0.3, 0.4) is 0 Å². The molecule has 3 heteroatoms. The fraction of sp³-hybridized carbons (Fsp3) is 0.667. The number of hydrogen-bond donors (Lipinski definition) is 1. The van der Waals surface area contributed by atoms with Crippen molar-refractivity contribution in [1.82, 2.24) is 0 Å². The zero-order valence-corrected chi connectivity index (χ0v) is 10.6. The predicted molar refractivity (Wildman–Crippen MR) is 67.8 cm³/mol. The van der Waals surface area contributed by atoms with Crippen LogP contribution in [-0.2, 0) is 9.53 Å². The van der Waals surface area contributed by atoms with E-state index in [0.29, 0.717) is 0 Å². The van der Waals surface area contributed by atoms with Crippen molar-refractivity contribution in [3.63, 3.8) is 0 Å². The van der Waals surface area contributed by atoms with Gasteiger partial charge in [-0.2, -0.15) is 0 Å². The maximum atomic E-state index is 11.5. The number of allylic oxidation sites excluding steroid dienone is 3. The molecule has 0 heterocycles. The summed E-state index contributed by atoms with van der Waals surface area (Å²) in [7, 11) is 0. The van der Waals surface area contributed by atoms with Crippen molar-refractivity contribution in [2.75, 3.05) is 13.2 Å². The van der Waals surface area contributed by atoms with Crippen molar-refractivity contribution in [3.05, 3.63) is 23.8 Å². The van der Waals surface area contributed by atoms with E-state index >= 15 is 0 Å². The molecule has 0 aromatic carbocycles. The van der Waals surface area contributed by atoms with Crippen molar-refractivity contribution in [2.24, 2.45) is 17.3 Å². The molecule has 3 unspecified atom stereocenters. The summed E-state index contributed by atoms with van der Waals surface area (Å²) in [5, 5.41) is 8.61. The molecule has 0 saturated heterocycles. The van der Waals surface area contributed by atoms with Crippen LogP contribution in [0.5, 0.6) is 0 Å². The molecule has 1 N–H and O–H groups in total. The highest BCUT2D eigenvalue weighted by Crippen LogP contribution is 2.64. The Morgan fingerprint density at radius 3 is 3.28 bits per heavy atom. The summed E-state index contributed by atoms with van der Waals surface area (Å²) in [4.78, 5) is 11.5. The molecule has 2 bridgehead atoms. The molecule has 2 fully saturated rings. The number of esters is 1. The lowest BCUT2D eigenvalue weighted by Crippen LogP contribution is -2.18. The first-order chi connectivity index (χ1) is 8.75. The van der Waals surface area contributed by atoms with E-state index in [2.05, 4.69) is 12.2 Å². The molecule has 2 saturated carbocycles. The van der Waals surface area contributed by atoms with Gasteiger partial charge in [-0.15, -0.1) is 0 Å². The minimum atomic E-state index is -0.330. The topological polar surface area (TPSA) is 46.5 Å². The van der Waals surface area contributed by atoms with Gasteiger partial charge in [-0.3, -0.25) is 0 Å². The molecule has 3 aliphatic carbocycles. The van der Waals surface area contributed by atoms with E-state index in [4.69, 9.17) is 9.84 Å². The molecular weight excluding hydrogens is 228 g/mol. The summed E-state index contributed by atoms with van der Waals surface area (Å²) in [6.07, 6.45) is 12.3. The van der Waals surface area contributed by atoms with Gasteiger partial charge in [0.05, 0.1) is 6.61 Å². The van der Waals surface area contributed by atoms with E-state index in [9.17, 15) is 4.79 Å². The van der Waals surface area contributed by atoms with Crippen LogP contribution in [0.25, 0.3) is 0 Å². The predicted octanol–water partition coefficient (Wildman–Crippen LogP) is 2.21. The van der Waals surface area contributed by atoms with Gasteiger partial charge in [0, 0.05) is 11.5 Å². The average molecular weight is 248 g/mol. The quantitative estimate of drug-likeness (QED) is 0.471. The van der Waals surface area contributed by atoms with Crippen LogP contribution in [0.4, 0.5) is 0 Å². The van der Waals surface area contributed by atoms with Crippen LogP contribution in [-0.4, -0.2) is 24.3 Å². The van der Waals surface area contributed by atoms with Gasteiger partial charge in [0.15, 0.2) is 0 Å². The summed E-state index contributed by atoms with van der Waals surface area (Å²) < 4.78 is 4.87. The van der Waals surface area contributed by atoms with Crippen LogP contribution in [0.15, 0.2) is 23.8 Å².